The predicted molar refractivity (Wildman–Crippen MR) is 160 cm³/mol. The number of aromatic amines is 1. The number of carbonyl (C=O) groups excluding carboxylic acids is 1. The number of nitrogens with two attached hydrogens (primary N) is 1. The van der Waals surface area contributed by atoms with E-state index in [4.69, 9.17) is 20.2 Å². The van der Waals surface area contributed by atoms with E-state index >= 15 is 0 Å². The Balaban J connectivity index is 1.19. The minimum atomic E-state index is -0.702. The molecule has 1 aromatic carbocycles. The van der Waals surface area contributed by atoms with Crippen molar-refractivity contribution in [2.24, 2.45) is 5.73 Å². The molecule has 1 fully saturated rings. The third-order valence-electron chi connectivity index (χ3n) is 7.88. The third-order valence-corrected chi connectivity index (χ3v) is 7.88. The van der Waals surface area contributed by atoms with Crippen molar-refractivity contribution in [2.75, 3.05) is 26.3 Å². The molecular formula is C31H32F2N8O3. The van der Waals surface area contributed by atoms with Crippen molar-refractivity contribution in [1.82, 2.24) is 34.6 Å². The Morgan fingerprint density at radius 1 is 1.32 bits per heavy atom. The maximum absolute atomic E-state index is 14.5. The van der Waals surface area contributed by atoms with Crippen molar-refractivity contribution >= 4 is 22.5 Å². The maximum Gasteiger partial charge on any atom is 0.286 e. The van der Waals surface area contributed by atoms with Gasteiger partial charge in [0.05, 0.1) is 36.4 Å². The number of aromatic nitrogens is 6. The molecule has 0 aliphatic carbocycles. The normalized spacial score (nSPS) is 17.4. The number of nitrogens with one attached hydrogen (secondary N) is 1. The van der Waals surface area contributed by atoms with Crippen molar-refractivity contribution in [1.29, 1.82) is 0 Å². The van der Waals surface area contributed by atoms with E-state index in [0.717, 1.165) is 54.0 Å². The zero-order chi connectivity index (χ0) is 30.8. The van der Waals surface area contributed by atoms with Gasteiger partial charge in [0.25, 0.3) is 5.91 Å². The van der Waals surface area contributed by atoms with Gasteiger partial charge in [-0.05, 0) is 49.1 Å². The molecule has 5 heterocycles. The van der Waals surface area contributed by atoms with Gasteiger partial charge in [-0.2, -0.15) is 5.10 Å². The highest BCUT2D eigenvalue weighted by Crippen LogP contribution is 2.30. The first-order chi connectivity index (χ1) is 21.3. The highest BCUT2D eigenvalue weighted by molar-refractivity contribution is 5.89. The molecule has 13 heteroatoms. The van der Waals surface area contributed by atoms with Gasteiger partial charge in [0.2, 0.25) is 5.82 Å². The molecule has 6 rings (SSSR count). The first-order valence-corrected chi connectivity index (χ1v) is 14.3. The highest BCUT2D eigenvalue weighted by Gasteiger charge is 2.24. The Labute approximate surface area is 252 Å². The number of nitrogens with zero attached hydrogens (tertiary/aromatic N) is 6. The Kier molecular flexibility index (Phi) is 8.31. The van der Waals surface area contributed by atoms with Gasteiger partial charge in [0.1, 0.15) is 24.0 Å². The van der Waals surface area contributed by atoms with Crippen LogP contribution in [0.4, 0.5) is 8.78 Å². The largest absolute Gasteiger partial charge is 0.486 e. The molecule has 1 amide bonds. The number of halogens is 2. The lowest BCUT2D eigenvalue weighted by Crippen LogP contribution is -2.33. The zero-order valence-corrected chi connectivity index (χ0v) is 24.2. The molecule has 3 N–H and O–H groups in total. The van der Waals surface area contributed by atoms with Crippen LogP contribution >= 0.6 is 0 Å². The first-order valence-electron chi connectivity index (χ1n) is 14.3. The number of primary amides is 1. The van der Waals surface area contributed by atoms with Crippen LogP contribution in [0.1, 0.15) is 41.8 Å². The van der Waals surface area contributed by atoms with E-state index in [1.807, 2.05) is 0 Å². The number of ether oxygens (including phenoxy) is 2. The molecular weight excluding hydrogens is 570 g/mol. The smallest absolute Gasteiger partial charge is 0.286 e. The quantitative estimate of drug-likeness (QED) is 0.242. The fraction of sp³-hybridized carbons (Fsp3) is 0.323. The van der Waals surface area contributed by atoms with Gasteiger partial charge in [-0.1, -0.05) is 24.8 Å². The summed E-state index contributed by atoms with van der Waals surface area (Å²) in [5.41, 5.74) is 9.60. The number of amides is 1. The summed E-state index contributed by atoms with van der Waals surface area (Å²) in [6.45, 7) is 8.33. The molecule has 2 aliphatic heterocycles. The van der Waals surface area contributed by atoms with E-state index in [-0.39, 0.29) is 35.7 Å². The molecule has 44 heavy (non-hydrogen) atoms. The van der Waals surface area contributed by atoms with Crippen LogP contribution in [-0.2, 0) is 17.8 Å². The first kappa shape index (κ1) is 29.3. The lowest BCUT2D eigenvalue weighted by Gasteiger charge is -2.29. The summed E-state index contributed by atoms with van der Waals surface area (Å²) in [5.74, 6) is -0.631. The van der Waals surface area contributed by atoms with Gasteiger partial charge in [0.15, 0.2) is 17.4 Å². The van der Waals surface area contributed by atoms with Gasteiger partial charge in [-0.3, -0.25) is 19.8 Å². The van der Waals surface area contributed by atoms with Gasteiger partial charge >= 0.3 is 0 Å². The van der Waals surface area contributed by atoms with Crippen LogP contribution in [0.3, 0.4) is 0 Å². The Bertz CT molecular complexity index is 1790. The molecule has 0 bridgehead atoms. The maximum atomic E-state index is 14.5. The minimum absolute atomic E-state index is 0.0389. The summed E-state index contributed by atoms with van der Waals surface area (Å²) < 4.78 is 41.4. The second-order valence-electron chi connectivity index (χ2n) is 10.7. The monoisotopic (exact) mass is 602 g/mol. The number of rotatable bonds is 11. The molecule has 1 atom stereocenters. The third kappa shape index (κ3) is 6.15. The SMILES string of the molecule is C=C(F)/C(=C\C)COc1cc(C2=CCN(Cc3nc4cc(-c5n[nH]c(C(N)=O)n5)ncc4n3CC3CCO3)CC2)ccc1F. The van der Waals surface area contributed by atoms with Gasteiger partial charge in [-0.25, -0.2) is 18.7 Å². The fourth-order valence-electron chi connectivity index (χ4n) is 5.24. The van der Waals surface area contributed by atoms with E-state index in [9.17, 15) is 13.6 Å². The van der Waals surface area contributed by atoms with E-state index in [2.05, 4.69) is 42.3 Å². The molecule has 2 aliphatic rings. The van der Waals surface area contributed by atoms with Crippen LogP contribution in [0.15, 0.2) is 60.6 Å². The number of imidazole rings is 1. The summed E-state index contributed by atoms with van der Waals surface area (Å²) in [5, 5.41) is 6.59. The molecule has 1 unspecified atom stereocenters. The molecule has 0 spiro atoms. The van der Waals surface area contributed by atoms with Crippen LogP contribution < -0.4 is 10.5 Å². The lowest BCUT2D eigenvalue weighted by molar-refractivity contribution is -0.0591. The summed E-state index contributed by atoms with van der Waals surface area (Å²) >= 11 is 0. The van der Waals surface area contributed by atoms with Crippen LogP contribution in [0.2, 0.25) is 0 Å². The van der Waals surface area contributed by atoms with Gasteiger partial charge < -0.3 is 19.8 Å². The van der Waals surface area contributed by atoms with Crippen molar-refractivity contribution in [3.63, 3.8) is 0 Å². The van der Waals surface area contributed by atoms with E-state index in [0.29, 0.717) is 25.3 Å². The number of fused-ring (bicyclic) bond motifs is 1. The van der Waals surface area contributed by atoms with Gasteiger partial charge in [0, 0.05) is 25.3 Å². The summed E-state index contributed by atoms with van der Waals surface area (Å²) in [6, 6.07) is 6.57. The number of allylic oxidation sites excluding steroid dienone is 1. The number of pyridine rings is 1. The standard InChI is InChI=1S/C31H32F2N8O3/c1-3-19(18(2)32)17-44-27-12-21(4-5-23(27)33)20-6-9-40(10-7-20)16-28-36-24-13-25(30-37-31(29(34)42)39-38-30)35-14-26(24)41(28)15-22-8-11-43-22/h3-6,12-14,22H,2,7-11,15-17H2,1H3,(H2,34,42)(H,37,38,39)/b19-3-. The van der Waals surface area contributed by atoms with Crippen molar-refractivity contribution < 1.29 is 23.0 Å². The van der Waals surface area contributed by atoms with Gasteiger partial charge in [-0.15, -0.1) is 0 Å². The average molecular weight is 603 g/mol. The molecule has 0 saturated carbocycles. The Hall–Kier alpha value is -4.75. The predicted octanol–water partition coefficient (Wildman–Crippen LogP) is 4.34. The van der Waals surface area contributed by atoms with Crippen LogP contribution in [-0.4, -0.2) is 72.9 Å². The molecule has 11 nitrogen and oxygen atoms in total. The van der Waals surface area contributed by atoms with E-state index in [1.54, 1.807) is 37.4 Å². The lowest BCUT2D eigenvalue weighted by atomic mass is 9.99. The number of benzene rings is 1. The topological polar surface area (TPSA) is 137 Å². The van der Waals surface area contributed by atoms with Crippen molar-refractivity contribution in [2.45, 2.75) is 39.0 Å². The van der Waals surface area contributed by atoms with Crippen molar-refractivity contribution in [3.8, 4) is 17.3 Å². The summed E-state index contributed by atoms with van der Waals surface area (Å²) in [6.07, 6.45) is 7.27. The molecule has 1 saturated heterocycles. The number of hydrogen-bond acceptors (Lipinski definition) is 8. The minimum Gasteiger partial charge on any atom is -0.486 e. The number of hydrogen-bond donors (Lipinski definition) is 2. The summed E-state index contributed by atoms with van der Waals surface area (Å²) in [4.78, 5) is 27.3. The number of H-pyrrole nitrogens is 1. The fourth-order valence-corrected chi connectivity index (χ4v) is 5.24. The van der Waals surface area contributed by atoms with Crippen LogP contribution in [0.25, 0.3) is 28.1 Å². The molecule has 4 aromatic rings. The molecule has 3 aromatic heterocycles. The second kappa shape index (κ2) is 12.5. The Morgan fingerprint density at radius 2 is 2.16 bits per heavy atom. The molecule has 0 radical (unpaired) electrons. The van der Waals surface area contributed by atoms with Crippen molar-refractivity contribution in [3.05, 3.63) is 83.6 Å². The van der Waals surface area contributed by atoms with Crippen LogP contribution in [0.5, 0.6) is 5.75 Å². The highest BCUT2D eigenvalue weighted by atomic mass is 19.1. The number of carbonyl (C=O) groups is 1. The second-order valence-corrected chi connectivity index (χ2v) is 10.7. The average Bonchev–Trinajstić information content (AvgIpc) is 3.61. The summed E-state index contributed by atoms with van der Waals surface area (Å²) in [7, 11) is 0. The van der Waals surface area contributed by atoms with E-state index < -0.39 is 17.6 Å². The van der Waals surface area contributed by atoms with Crippen LogP contribution in [0, 0.1) is 5.82 Å². The zero-order valence-electron chi connectivity index (χ0n) is 24.2. The van der Waals surface area contributed by atoms with E-state index in [1.165, 1.54) is 6.07 Å². The Morgan fingerprint density at radius 3 is 2.82 bits per heavy atom. The molecule has 228 valence electrons.